The maximum Gasteiger partial charge on any atom is 0.241 e. The van der Waals surface area contributed by atoms with Crippen LogP contribution in [-0.4, -0.2) is 44.6 Å². The second-order valence-electron chi connectivity index (χ2n) is 8.70. The highest BCUT2D eigenvalue weighted by Crippen LogP contribution is 2.41. The number of likely N-dealkylation sites (N-methyl/N-ethyl adjacent to an activating group) is 1. The van der Waals surface area contributed by atoms with Crippen LogP contribution in [0.2, 0.25) is 0 Å². The summed E-state index contributed by atoms with van der Waals surface area (Å²) in [6.45, 7) is 3.99. The molecule has 0 aromatic heterocycles. The van der Waals surface area contributed by atoms with Crippen molar-refractivity contribution >= 4 is 15.7 Å². The van der Waals surface area contributed by atoms with Gasteiger partial charge in [0.05, 0.1) is 10.9 Å². The van der Waals surface area contributed by atoms with Crippen LogP contribution in [0.5, 0.6) is 0 Å². The van der Waals surface area contributed by atoms with Crippen LogP contribution in [0.1, 0.15) is 48.4 Å². The highest BCUT2D eigenvalue weighted by Gasteiger charge is 2.53. The van der Waals surface area contributed by atoms with Gasteiger partial charge in [-0.3, -0.25) is 4.79 Å². The normalized spacial score (nSPS) is 17.0. The number of sulfone groups is 1. The van der Waals surface area contributed by atoms with Crippen molar-refractivity contribution < 1.29 is 17.6 Å². The molecule has 1 N–H and O–H groups in total. The summed E-state index contributed by atoms with van der Waals surface area (Å²) in [6.07, 6.45) is 2.00. The van der Waals surface area contributed by atoms with Gasteiger partial charge < -0.3 is 10.2 Å². The fraction of sp³-hybridized carbons (Fsp3) is 0.458. The van der Waals surface area contributed by atoms with E-state index >= 15 is 0 Å². The molecule has 0 saturated heterocycles. The van der Waals surface area contributed by atoms with Crippen molar-refractivity contribution in [3.05, 3.63) is 65.0 Å². The first-order valence-corrected chi connectivity index (χ1v) is 12.1. The number of halogens is 1. The number of nitrogens with one attached hydrogen (secondary N) is 1. The molecule has 1 aliphatic carbocycles. The number of carbonyl (C=O) groups excluding carboxylic acids is 1. The number of hydrogen-bond acceptors (Lipinski definition) is 4. The molecule has 1 atom stereocenters. The number of amides is 1. The Morgan fingerprint density at radius 3 is 2.35 bits per heavy atom. The Bertz CT molecular complexity index is 1060. The first kappa shape index (κ1) is 23.4. The first-order valence-electron chi connectivity index (χ1n) is 10.6. The lowest BCUT2D eigenvalue weighted by atomic mass is 10.0. The zero-order valence-corrected chi connectivity index (χ0v) is 19.4. The van der Waals surface area contributed by atoms with Crippen molar-refractivity contribution in [2.75, 3.05) is 20.6 Å². The third-order valence-electron chi connectivity index (χ3n) is 6.44. The number of benzene rings is 2. The molecule has 3 rings (SSSR count). The van der Waals surface area contributed by atoms with Crippen molar-refractivity contribution in [1.29, 1.82) is 0 Å². The average molecular weight is 447 g/mol. The predicted octanol–water partition coefficient (Wildman–Crippen LogP) is 3.95. The average Bonchev–Trinajstić information content (AvgIpc) is 3.22. The second-order valence-corrected chi connectivity index (χ2v) is 11.0. The first-order chi connectivity index (χ1) is 14.6. The molecule has 31 heavy (non-hydrogen) atoms. The number of rotatable bonds is 7. The molecule has 1 amide bonds. The molecule has 1 fully saturated rings. The Morgan fingerprint density at radius 2 is 1.77 bits per heavy atom. The number of carbonyl (C=O) groups is 1. The van der Waals surface area contributed by atoms with Crippen LogP contribution < -0.4 is 5.32 Å². The molecule has 5 nitrogen and oxygen atoms in total. The van der Waals surface area contributed by atoms with Crippen LogP contribution in [0.15, 0.2) is 47.4 Å². The molecule has 0 aliphatic heterocycles. The van der Waals surface area contributed by atoms with Crippen molar-refractivity contribution in [2.24, 2.45) is 0 Å². The third-order valence-corrected chi connectivity index (χ3v) is 8.94. The molecule has 0 spiro atoms. The van der Waals surface area contributed by atoms with Gasteiger partial charge in [0.15, 0.2) is 14.6 Å². The van der Waals surface area contributed by atoms with E-state index in [1.54, 1.807) is 30.3 Å². The minimum Gasteiger partial charge on any atom is -0.353 e. The molecule has 168 valence electrons. The van der Waals surface area contributed by atoms with E-state index in [-0.39, 0.29) is 23.3 Å². The predicted molar refractivity (Wildman–Crippen MR) is 120 cm³/mol. The second kappa shape index (κ2) is 9.09. The van der Waals surface area contributed by atoms with E-state index < -0.39 is 20.5 Å². The lowest BCUT2D eigenvalue weighted by Crippen LogP contribution is -2.52. The van der Waals surface area contributed by atoms with Gasteiger partial charge >= 0.3 is 0 Å². The Hall–Kier alpha value is -2.25. The molecule has 1 aliphatic rings. The van der Waals surface area contributed by atoms with Crippen LogP contribution in [0.25, 0.3) is 0 Å². The molecule has 2 aromatic carbocycles. The topological polar surface area (TPSA) is 66.5 Å². The summed E-state index contributed by atoms with van der Waals surface area (Å²) in [6, 6.07) is 11.0. The highest BCUT2D eigenvalue weighted by molar-refractivity contribution is 7.93. The van der Waals surface area contributed by atoms with Gasteiger partial charge in [-0.25, -0.2) is 12.8 Å². The van der Waals surface area contributed by atoms with E-state index in [2.05, 4.69) is 5.32 Å². The van der Waals surface area contributed by atoms with E-state index in [1.165, 1.54) is 12.1 Å². The summed E-state index contributed by atoms with van der Waals surface area (Å²) < 4.78 is 39.5. The third kappa shape index (κ3) is 4.53. The van der Waals surface area contributed by atoms with Gasteiger partial charge in [0.1, 0.15) is 5.82 Å². The molecular weight excluding hydrogens is 415 g/mol. The summed E-state index contributed by atoms with van der Waals surface area (Å²) in [5.41, 5.74) is 2.61. The minimum absolute atomic E-state index is 0.194. The van der Waals surface area contributed by atoms with E-state index in [9.17, 15) is 17.6 Å². The van der Waals surface area contributed by atoms with Gasteiger partial charge in [0, 0.05) is 6.54 Å². The largest absolute Gasteiger partial charge is 0.353 e. The van der Waals surface area contributed by atoms with E-state index in [1.807, 2.05) is 32.8 Å². The maximum atomic E-state index is 13.7. The van der Waals surface area contributed by atoms with Crippen LogP contribution in [0.3, 0.4) is 0 Å². The minimum atomic E-state index is -3.86. The lowest BCUT2D eigenvalue weighted by Gasteiger charge is -2.30. The van der Waals surface area contributed by atoms with Crippen LogP contribution >= 0.6 is 0 Å². The van der Waals surface area contributed by atoms with E-state index in [0.717, 1.165) is 16.7 Å². The fourth-order valence-corrected chi connectivity index (χ4v) is 6.51. The van der Waals surface area contributed by atoms with Gasteiger partial charge in [-0.15, -0.1) is 0 Å². The van der Waals surface area contributed by atoms with Crippen molar-refractivity contribution in [3.63, 3.8) is 0 Å². The van der Waals surface area contributed by atoms with Gasteiger partial charge in [-0.2, -0.15) is 0 Å². The maximum absolute atomic E-state index is 13.7. The number of aryl methyl sites for hydroxylation is 2. The summed E-state index contributed by atoms with van der Waals surface area (Å²) in [7, 11) is -0.172. The number of nitrogens with zero attached hydrogens (tertiary/aromatic N) is 1. The monoisotopic (exact) mass is 446 g/mol. The quantitative estimate of drug-likeness (QED) is 0.699. The standard InChI is InChI=1S/C24H31FN2O3S/c1-17-10-11-21(14-18(17)2)31(29,30)24(12-5-6-13-24)23(28)26-16-22(27(3)4)19-8-7-9-20(25)15-19/h7-11,14-15,22H,5-6,12-13,16H2,1-4H3,(H,26,28). The molecule has 0 radical (unpaired) electrons. The molecule has 7 heteroatoms. The molecule has 2 aromatic rings. The number of hydrogen-bond donors (Lipinski definition) is 1. The zero-order valence-electron chi connectivity index (χ0n) is 18.6. The molecule has 1 unspecified atom stereocenters. The van der Waals surface area contributed by atoms with Gasteiger partial charge in [-0.05, 0) is 81.7 Å². The Kier molecular flexibility index (Phi) is 6.86. The van der Waals surface area contributed by atoms with Gasteiger partial charge in [0.2, 0.25) is 5.91 Å². The molecule has 0 bridgehead atoms. The van der Waals surface area contributed by atoms with Crippen molar-refractivity contribution in [1.82, 2.24) is 10.2 Å². The van der Waals surface area contributed by atoms with Gasteiger partial charge in [-0.1, -0.05) is 31.0 Å². The Balaban J connectivity index is 1.88. The molecular formula is C24H31FN2O3S. The van der Waals surface area contributed by atoms with Crippen molar-refractivity contribution in [3.8, 4) is 0 Å². The van der Waals surface area contributed by atoms with Gasteiger partial charge in [0.25, 0.3) is 0 Å². The SMILES string of the molecule is Cc1ccc(S(=O)(=O)C2(C(=O)NCC(c3cccc(F)c3)N(C)C)CCCC2)cc1C. The van der Waals surface area contributed by atoms with E-state index in [0.29, 0.717) is 25.7 Å². The fourth-order valence-electron chi connectivity index (χ4n) is 4.33. The zero-order chi connectivity index (χ0) is 22.8. The smallest absolute Gasteiger partial charge is 0.241 e. The molecule has 1 saturated carbocycles. The molecule has 0 heterocycles. The Morgan fingerprint density at radius 1 is 1.10 bits per heavy atom. The lowest BCUT2D eigenvalue weighted by molar-refractivity contribution is -0.123. The summed E-state index contributed by atoms with van der Waals surface area (Å²) in [5, 5.41) is 2.88. The Labute approximate surface area is 184 Å². The summed E-state index contributed by atoms with van der Waals surface area (Å²) in [5.74, 6) is -0.813. The van der Waals surface area contributed by atoms with Crippen LogP contribution in [0, 0.1) is 19.7 Å². The highest BCUT2D eigenvalue weighted by atomic mass is 32.2. The van der Waals surface area contributed by atoms with E-state index in [4.69, 9.17) is 0 Å². The van der Waals surface area contributed by atoms with Crippen LogP contribution in [-0.2, 0) is 14.6 Å². The van der Waals surface area contributed by atoms with Crippen LogP contribution in [0.4, 0.5) is 4.39 Å². The summed E-state index contributed by atoms with van der Waals surface area (Å²) >= 11 is 0. The summed E-state index contributed by atoms with van der Waals surface area (Å²) in [4.78, 5) is 15.5. The van der Waals surface area contributed by atoms with Crippen molar-refractivity contribution in [2.45, 2.75) is 55.2 Å².